The van der Waals surface area contributed by atoms with Gasteiger partial charge >= 0.3 is 6.18 Å². The normalized spacial score (nSPS) is 13.2. The third-order valence-electron chi connectivity index (χ3n) is 4.43. The lowest BCUT2D eigenvalue weighted by Crippen LogP contribution is -2.20. The van der Waals surface area contributed by atoms with Crippen LogP contribution in [-0.2, 0) is 5.41 Å². The van der Waals surface area contributed by atoms with Gasteiger partial charge in [-0.25, -0.2) is 0 Å². The number of alkyl halides is 4. The maximum atomic E-state index is 12.2. The van der Waals surface area contributed by atoms with Gasteiger partial charge in [0.05, 0.1) is 18.9 Å². The number of rotatable bonds is 9. The average molecular weight is 417 g/mol. The Morgan fingerprint density at radius 1 is 0.893 bits per heavy atom. The molecule has 0 saturated heterocycles. The van der Waals surface area contributed by atoms with E-state index in [1.165, 1.54) is 0 Å². The lowest BCUT2D eigenvalue weighted by Gasteiger charge is -2.26. The van der Waals surface area contributed by atoms with Gasteiger partial charge in [0.2, 0.25) is 0 Å². The molecule has 0 aliphatic heterocycles. The van der Waals surface area contributed by atoms with Crippen LogP contribution in [0.3, 0.4) is 0 Å². The number of ether oxygens (including phenoxy) is 2. The fourth-order valence-corrected chi connectivity index (χ4v) is 2.71. The van der Waals surface area contributed by atoms with Crippen LogP contribution < -0.4 is 9.47 Å². The van der Waals surface area contributed by atoms with Crippen LogP contribution in [-0.4, -0.2) is 36.5 Å². The zero-order valence-corrected chi connectivity index (χ0v) is 16.6. The first-order valence-electron chi connectivity index (χ1n) is 8.89. The Labute approximate surface area is 168 Å². The van der Waals surface area contributed by atoms with Crippen LogP contribution in [0.5, 0.6) is 11.5 Å². The van der Waals surface area contributed by atoms with E-state index in [1.54, 1.807) is 12.1 Å². The second kappa shape index (κ2) is 9.52. The van der Waals surface area contributed by atoms with E-state index in [9.17, 15) is 18.3 Å². The molecular formula is C21H24ClF3O3. The highest BCUT2D eigenvalue weighted by molar-refractivity contribution is 6.18. The maximum absolute atomic E-state index is 12.2. The summed E-state index contributed by atoms with van der Waals surface area (Å²) >= 11 is 5.54. The summed E-state index contributed by atoms with van der Waals surface area (Å²) in [6.07, 6.45) is -5.91. The van der Waals surface area contributed by atoms with E-state index < -0.39 is 25.3 Å². The van der Waals surface area contributed by atoms with Gasteiger partial charge in [-0.1, -0.05) is 38.1 Å². The molecule has 0 fully saturated rings. The Kier molecular flexibility index (Phi) is 7.61. The molecule has 2 rings (SSSR count). The second-order valence-corrected chi connectivity index (χ2v) is 7.32. The minimum atomic E-state index is -4.22. The molecule has 1 atom stereocenters. The lowest BCUT2D eigenvalue weighted by atomic mass is 9.78. The van der Waals surface area contributed by atoms with E-state index in [0.717, 1.165) is 11.1 Å². The smallest absolute Gasteiger partial charge is 0.392 e. The summed E-state index contributed by atoms with van der Waals surface area (Å²) in [5.41, 5.74) is 1.73. The molecule has 0 radical (unpaired) electrons. The highest BCUT2D eigenvalue weighted by Crippen LogP contribution is 2.33. The number of aliphatic hydroxyl groups is 1. The molecule has 0 aliphatic carbocycles. The summed E-state index contributed by atoms with van der Waals surface area (Å²) in [7, 11) is 0. The summed E-state index contributed by atoms with van der Waals surface area (Å²) in [5, 5.41) is 9.45. The van der Waals surface area contributed by atoms with Gasteiger partial charge in [-0.3, -0.25) is 0 Å². The fraction of sp³-hybridized carbons (Fsp3) is 0.429. The maximum Gasteiger partial charge on any atom is 0.392 e. The Balaban J connectivity index is 2.01. The molecule has 0 saturated carbocycles. The van der Waals surface area contributed by atoms with Gasteiger partial charge in [-0.05, 0) is 35.4 Å². The van der Waals surface area contributed by atoms with Crippen LogP contribution in [0.4, 0.5) is 13.2 Å². The van der Waals surface area contributed by atoms with Gasteiger partial charge < -0.3 is 14.6 Å². The van der Waals surface area contributed by atoms with E-state index in [1.807, 2.05) is 36.4 Å². The van der Waals surface area contributed by atoms with Crippen LogP contribution in [0.2, 0.25) is 0 Å². The van der Waals surface area contributed by atoms with Crippen molar-refractivity contribution in [1.29, 1.82) is 0 Å². The molecule has 28 heavy (non-hydrogen) atoms. The average Bonchev–Trinajstić information content (AvgIpc) is 2.66. The fourth-order valence-electron chi connectivity index (χ4n) is 2.62. The minimum absolute atomic E-state index is 0.112. The zero-order valence-electron chi connectivity index (χ0n) is 15.8. The summed E-state index contributed by atoms with van der Waals surface area (Å²) in [6.45, 7) is 3.84. The monoisotopic (exact) mass is 416 g/mol. The highest BCUT2D eigenvalue weighted by Gasteiger charge is 2.27. The molecule has 0 aromatic heterocycles. The van der Waals surface area contributed by atoms with Crippen molar-refractivity contribution in [2.24, 2.45) is 0 Å². The van der Waals surface area contributed by atoms with Gasteiger partial charge in [-0.15, -0.1) is 11.6 Å². The van der Waals surface area contributed by atoms with Crippen molar-refractivity contribution in [2.75, 3.05) is 19.1 Å². The Morgan fingerprint density at radius 2 is 1.36 bits per heavy atom. The summed E-state index contributed by atoms with van der Waals surface area (Å²) in [6, 6.07) is 14.6. The molecule has 0 aliphatic rings. The van der Waals surface area contributed by atoms with Crippen LogP contribution in [0, 0.1) is 0 Å². The van der Waals surface area contributed by atoms with Crippen molar-refractivity contribution >= 4 is 11.6 Å². The van der Waals surface area contributed by atoms with E-state index in [2.05, 4.69) is 13.8 Å². The number of hydrogen-bond acceptors (Lipinski definition) is 3. The van der Waals surface area contributed by atoms with Crippen LogP contribution in [0.15, 0.2) is 48.5 Å². The molecular weight excluding hydrogens is 393 g/mol. The van der Waals surface area contributed by atoms with Crippen molar-refractivity contribution in [2.45, 2.75) is 38.0 Å². The predicted molar refractivity (Wildman–Crippen MR) is 103 cm³/mol. The Hall–Kier alpha value is -1.92. The summed E-state index contributed by atoms with van der Waals surface area (Å²) in [5.74, 6) is 1.16. The van der Waals surface area contributed by atoms with E-state index in [4.69, 9.17) is 21.1 Å². The molecule has 2 aromatic carbocycles. The van der Waals surface area contributed by atoms with E-state index in [-0.39, 0.29) is 17.9 Å². The quantitative estimate of drug-likeness (QED) is 0.562. The number of aliphatic hydroxyl groups excluding tert-OH is 1. The van der Waals surface area contributed by atoms with Gasteiger partial charge in [0, 0.05) is 5.41 Å². The first-order chi connectivity index (χ1) is 13.1. The van der Waals surface area contributed by atoms with Gasteiger partial charge in [-0.2, -0.15) is 13.2 Å². The van der Waals surface area contributed by atoms with E-state index >= 15 is 0 Å². The van der Waals surface area contributed by atoms with Crippen LogP contribution in [0.1, 0.15) is 31.4 Å². The van der Waals surface area contributed by atoms with Crippen molar-refractivity contribution in [1.82, 2.24) is 0 Å². The molecule has 0 heterocycles. The first-order valence-corrected chi connectivity index (χ1v) is 9.43. The van der Waals surface area contributed by atoms with Crippen LogP contribution in [0.25, 0.3) is 0 Å². The third kappa shape index (κ3) is 6.60. The Morgan fingerprint density at radius 3 is 1.79 bits per heavy atom. The topological polar surface area (TPSA) is 38.7 Å². The molecule has 0 spiro atoms. The van der Waals surface area contributed by atoms with Gasteiger partial charge in [0.25, 0.3) is 0 Å². The number of halogens is 4. The van der Waals surface area contributed by atoms with Crippen molar-refractivity contribution in [3.05, 3.63) is 59.7 Å². The van der Waals surface area contributed by atoms with Crippen molar-refractivity contribution in [3.8, 4) is 11.5 Å². The van der Waals surface area contributed by atoms with E-state index in [0.29, 0.717) is 11.5 Å². The summed E-state index contributed by atoms with van der Waals surface area (Å²) < 4.78 is 47.2. The van der Waals surface area contributed by atoms with Crippen molar-refractivity contribution < 1.29 is 27.8 Å². The van der Waals surface area contributed by atoms with Gasteiger partial charge in [0.15, 0.2) is 0 Å². The predicted octanol–water partition coefficient (Wildman–Crippen LogP) is 5.32. The molecule has 7 heteroatoms. The summed E-state index contributed by atoms with van der Waals surface area (Å²) in [4.78, 5) is 0. The molecule has 0 bridgehead atoms. The number of benzene rings is 2. The molecule has 3 nitrogen and oxygen atoms in total. The van der Waals surface area contributed by atoms with Crippen molar-refractivity contribution in [3.63, 3.8) is 0 Å². The number of hydrogen-bond donors (Lipinski definition) is 1. The largest absolute Gasteiger partial charge is 0.493 e. The standard InChI is InChI=1S/C21H24ClF3O3/c1-20(2,16-5-9-19(10-6-16)28-14-17(26)13-22)15-3-7-18(8-4-15)27-12-11-21(23,24)25/h3-10,17,26H,11-14H2,1-2H3/t17-/m0/s1. The molecule has 154 valence electrons. The molecule has 1 N–H and O–H groups in total. The SMILES string of the molecule is CC(C)(c1ccc(OCCC(F)(F)F)cc1)c1ccc(OC[C@@H](O)CCl)cc1. The molecule has 0 amide bonds. The minimum Gasteiger partial charge on any atom is -0.493 e. The second-order valence-electron chi connectivity index (χ2n) is 7.01. The zero-order chi connectivity index (χ0) is 20.8. The molecule has 0 unspecified atom stereocenters. The van der Waals surface area contributed by atoms with Gasteiger partial charge in [0.1, 0.15) is 24.2 Å². The molecule has 2 aromatic rings. The first kappa shape index (κ1) is 22.4. The highest BCUT2D eigenvalue weighted by atomic mass is 35.5. The Bertz CT molecular complexity index is 728. The van der Waals surface area contributed by atoms with Crippen LogP contribution >= 0.6 is 11.6 Å². The third-order valence-corrected chi connectivity index (χ3v) is 4.78. The lowest BCUT2D eigenvalue weighted by molar-refractivity contribution is -0.139.